The summed E-state index contributed by atoms with van der Waals surface area (Å²) >= 11 is 0. The lowest BCUT2D eigenvalue weighted by Gasteiger charge is -2.13. The highest BCUT2D eigenvalue weighted by molar-refractivity contribution is 6.05. The van der Waals surface area contributed by atoms with E-state index in [1.165, 1.54) is 5.69 Å². The van der Waals surface area contributed by atoms with Crippen molar-refractivity contribution < 1.29 is 24.1 Å². The van der Waals surface area contributed by atoms with E-state index in [2.05, 4.69) is 77.7 Å². The molecule has 6 rings (SSSR count). The lowest BCUT2D eigenvalue weighted by molar-refractivity contribution is -0.735. The average molecular weight is 640 g/mol. The predicted molar refractivity (Wildman–Crippen MR) is 189 cm³/mol. The Morgan fingerprint density at radius 3 is 2.53 bits per heavy atom. The predicted octanol–water partition coefficient (Wildman–Crippen LogP) is 7.51. The summed E-state index contributed by atoms with van der Waals surface area (Å²) in [6.45, 7) is 13.0. The third-order valence-corrected chi connectivity index (χ3v) is 9.03. The number of hydrogen-bond acceptors (Lipinski definition) is 4. The van der Waals surface area contributed by atoms with Crippen LogP contribution in [-0.4, -0.2) is 47.0 Å². The Bertz CT molecular complexity index is 1810. The molecular formula is C39H51N4O4+. The molecule has 8 nitrogen and oxygen atoms in total. The monoisotopic (exact) mass is 639 g/mol. The number of carboxylic acid groups (broad SMARTS) is 1. The fraction of sp³-hybridized carbons (Fsp3) is 0.436. The van der Waals surface area contributed by atoms with Crippen LogP contribution >= 0.6 is 0 Å². The van der Waals surface area contributed by atoms with Crippen molar-refractivity contribution in [3.8, 4) is 16.9 Å². The van der Waals surface area contributed by atoms with Gasteiger partial charge in [-0.1, -0.05) is 75.7 Å². The fourth-order valence-electron chi connectivity index (χ4n) is 6.86. The second-order valence-corrected chi connectivity index (χ2v) is 12.3. The van der Waals surface area contributed by atoms with E-state index >= 15 is 0 Å². The summed E-state index contributed by atoms with van der Waals surface area (Å²) in [6.07, 6.45) is 4.98. The second-order valence-electron chi connectivity index (χ2n) is 12.3. The van der Waals surface area contributed by atoms with E-state index in [-0.39, 0.29) is 0 Å². The van der Waals surface area contributed by atoms with Gasteiger partial charge in [-0.3, -0.25) is 0 Å². The third-order valence-electron chi connectivity index (χ3n) is 9.03. The molecule has 2 aromatic heterocycles. The lowest BCUT2D eigenvalue weighted by Crippen LogP contribution is -2.35. The molecule has 0 amide bonds. The van der Waals surface area contributed by atoms with Gasteiger partial charge < -0.3 is 24.5 Å². The highest BCUT2D eigenvalue weighted by Crippen LogP contribution is 2.40. The Balaban J connectivity index is 0.000000807. The smallest absolute Gasteiger partial charge is 0.352 e. The van der Waals surface area contributed by atoms with Gasteiger partial charge in [0.05, 0.1) is 23.4 Å². The molecule has 0 saturated heterocycles. The average Bonchev–Trinajstić information content (AvgIpc) is 3.53. The molecule has 8 heteroatoms. The summed E-state index contributed by atoms with van der Waals surface area (Å²) in [5.74, 6) is -0.0144. The largest absolute Gasteiger partial charge is 0.493 e. The maximum absolute atomic E-state index is 12.9. The molecule has 0 bridgehead atoms. The van der Waals surface area contributed by atoms with Crippen molar-refractivity contribution in [2.75, 3.05) is 26.3 Å². The number of H-pyrrole nitrogens is 1. The van der Waals surface area contributed by atoms with E-state index in [1.807, 2.05) is 31.3 Å². The zero-order valence-electron chi connectivity index (χ0n) is 28.7. The molecule has 0 radical (unpaired) electrons. The quantitative estimate of drug-likeness (QED) is 0.109. The van der Waals surface area contributed by atoms with Gasteiger partial charge in [-0.05, 0) is 74.7 Å². The molecule has 0 fully saturated rings. The zero-order chi connectivity index (χ0) is 33.3. The van der Waals surface area contributed by atoms with Crippen molar-refractivity contribution in [3.63, 3.8) is 0 Å². The number of fused-ring (bicyclic) bond motifs is 3. The Morgan fingerprint density at radius 1 is 1.00 bits per heavy atom. The standard InChI is InChI=1S/C35H39N3O4.C4H11N/c1-4-11-28-32-29(37(3)36-28)22-41-20-8-7-19-38-33-27(18-17-23(2)31(32)33)26(34(38)35(39)40)15-10-21-42-30-16-9-13-24-12-5-6-14-25(24)30;1-3-5-4-2/h5-6,9,12-14,16-18H,4,7-8,10-11,15,19-22H2,1-3H3,(H,39,40);5H,3-4H2,1-2H3/p+1. The van der Waals surface area contributed by atoms with Crippen LogP contribution in [0.3, 0.4) is 0 Å². The number of aromatic nitrogens is 3. The normalized spacial score (nSPS) is 13.1. The van der Waals surface area contributed by atoms with E-state index in [0.717, 1.165) is 94.1 Å². The molecule has 0 unspecified atom stereocenters. The van der Waals surface area contributed by atoms with Gasteiger partial charge in [0, 0.05) is 29.5 Å². The molecule has 0 spiro atoms. The highest BCUT2D eigenvalue weighted by Gasteiger charge is 2.31. The summed E-state index contributed by atoms with van der Waals surface area (Å²) in [6, 6.07) is 18.6. The zero-order valence-corrected chi connectivity index (χ0v) is 28.7. The van der Waals surface area contributed by atoms with Crippen LogP contribution in [0, 0.1) is 6.92 Å². The van der Waals surface area contributed by atoms with Crippen molar-refractivity contribution in [2.24, 2.45) is 7.05 Å². The van der Waals surface area contributed by atoms with Crippen molar-refractivity contribution in [1.29, 1.82) is 0 Å². The molecule has 47 heavy (non-hydrogen) atoms. The number of aryl methyl sites for hydroxylation is 5. The van der Waals surface area contributed by atoms with Crippen LogP contribution < -0.4 is 14.7 Å². The van der Waals surface area contributed by atoms with E-state index in [1.54, 1.807) is 0 Å². The maximum Gasteiger partial charge on any atom is 0.352 e. The number of ether oxygens (including phenoxy) is 2. The Labute approximate surface area is 278 Å². The minimum atomic E-state index is -0.875. The number of carboxylic acids is 1. The molecule has 0 saturated carbocycles. The van der Waals surface area contributed by atoms with Crippen LogP contribution in [0.1, 0.15) is 79.5 Å². The Kier molecular flexibility index (Phi) is 11.7. The molecule has 0 atom stereocenters. The SMILES string of the molecule is CCCc1[nH][n+](C)c2c1-c1c(C)ccc3c(CCCOc4cccc5ccccc45)c(C(=O)O)n(c13)CCCCOC2.CCNCC. The number of nitrogens with zero attached hydrogens (tertiary/aromatic N) is 2. The number of rotatable bonds is 10. The summed E-state index contributed by atoms with van der Waals surface area (Å²) < 4.78 is 16.5. The van der Waals surface area contributed by atoms with E-state index in [0.29, 0.717) is 44.9 Å². The van der Waals surface area contributed by atoms with Gasteiger partial charge >= 0.3 is 5.97 Å². The molecule has 1 aliphatic rings. The number of aromatic carboxylic acids is 1. The van der Waals surface area contributed by atoms with Crippen molar-refractivity contribution in [2.45, 2.75) is 79.4 Å². The van der Waals surface area contributed by atoms with Crippen LogP contribution in [0.15, 0.2) is 54.6 Å². The number of benzene rings is 3. The molecule has 3 N–H and O–H groups in total. The van der Waals surface area contributed by atoms with Crippen LogP contribution in [-0.2, 0) is 37.8 Å². The van der Waals surface area contributed by atoms with Gasteiger partial charge in [0.25, 0.3) is 0 Å². The molecule has 3 aromatic carbocycles. The molecular weight excluding hydrogens is 588 g/mol. The topological polar surface area (TPSA) is 92.4 Å². The summed E-state index contributed by atoms with van der Waals surface area (Å²) in [5.41, 5.74) is 8.01. The van der Waals surface area contributed by atoms with Gasteiger partial charge in [-0.25, -0.2) is 4.79 Å². The van der Waals surface area contributed by atoms with Crippen LogP contribution in [0.2, 0.25) is 0 Å². The first-order valence-electron chi connectivity index (χ1n) is 17.3. The fourth-order valence-corrected chi connectivity index (χ4v) is 6.86. The molecule has 3 heterocycles. The minimum absolute atomic E-state index is 0.403. The number of carbonyl (C=O) groups is 1. The third kappa shape index (κ3) is 7.39. The van der Waals surface area contributed by atoms with Gasteiger partial charge in [-0.15, -0.1) is 4.68 Å². The highest BCUT2D eigenvalue weighted by atomic mass is 16.5. The summed E-state index contributed by atoms with van der Waals surface area (Å²) in [7, 11) is 2.04. The first-order chi connectivity index (χ1) is 22.9. The second kappa shape index (κ2) is 16.1. The minimum Gasteiger partial charge on any atom is -0.493 e. The summed E-state index contributed by atoms with van der Waals surface area (Å²) in [5, 5.41) is 20.6. The van der Waals surface area contributed by atoms with Crippen molar-refractivity contribution in [1.82, 2.24) is 15.0 Å². The Hall–Kier alpha value is -4.14. The van der Waals surface area contributed by atoms with Crippen molar-refractivity contribution in [3.05, 3.63) is 82.8 Å². The van der Waals surface area contributed by atoms with Gasteiger partial charge in [0.15, 0.2) is 7.05 Å². The first-order valence-corrected chi connectivity index (χ1v) is 17.3. The first kappa shape index (κ1) is 34.2. The lowest BCUT2D eigenvalue weighted by atomic mass is 9.93. The molecule has 1 aliphatic heterocycles. The molecule has 250 valence electrons. The van der Waals surface area contributed by atoms with E-state index in [4.69, 9.17) is 9.47 Å². The maximum atomic E-state index is 12.9. The van der Waals surface area contributed by atoms with Crippen LogP contribution in [0.25, 0.3) is 32.8 Å². The number of hydrogen-bond donors (Lipinski definition) is 3. The van der Waals surface area contributed by atoms with Gasteiger partial charge in [-0.2, -0.15) is 5.10 Å². The molecule has 5 aromatic rings. The number of nitrogens with one attached hydrogen (secondary N) is 2. The van der Waals surface area contributed by atoms with Gasteiger partial charge in [0.2, 0.25) is 5.69 Å². The Morgan fingerprint density at radius 2 is 1.79 bits per heavy atom. The summed E-state index contributed by atoms with van der Waals surface area (Å²) in [4.78, 5) is 12.9. The van der Waals surface area contributed by atoms with Crippen molar-refractivity contribution >= 4 is 27.6 Å². The van der Waals surface area contributed by atoms with Gasteiger partial charge in [0.1, 0.15) is 18.1 Å². The number of aromatic amines is 1. The molecule has 0 aliphatic carbocycles. The van der Waals surface area contributed by atoms with Crippen LogP contribution in [0.5, 0.6) is 5.75 Å². The van der Waals surface area contributed by atoms with E-state index in [9.17, 15) is 9.90 Å². The van der Waals surface area contributed by atoms with Crippen LogP contribution in [0.4, 0.5) is 0 Å². The van der Waals surface area contributed by atoms with E-state index < -0.39 is 5.97 Å².